The maximum absolute atomic E-state index is 12.2. The van der Waals surface area contributed by atoms with E-state index in [1.165, 1.54) is 16.6 Å². The summed E-state index contributed by atoms with van der Waals surface area (Å²) >= 11 is 0. The number of para-hydroxylation sites is 1. The van der Waals surface area contributed by atoms with Gasteiger partial charge in [0.1, 0.15) is 0 Å². The van der Waals surface area contributed by atoms with E-state index in [9.17, 15) is 13.2 Å². The molecule has 0 atom stereocenters. The molecule has 0 aliphatic carbocycles. The zero-order valence-corrected chi connectivity index (χ0v) is 14.8. The zero-order chi connectivity index (χ0) is 17.9. The minimum atomic E-state index is -3.19. The highest BCUT2D eigenvalue weighted by molar-refractivity contribution is 7.88. The summed E-state index contributed by atoms with van der Waals surface area (Å²) in [5.74, 6) is -0.124. The second-order valence-corrected chi connectivity index (χ2v) is 7.86. The molecule has 2 heterocycles. The lowest BCUT2D eigenvalue weighted by molar-refractivity contribution is -0.127. The van der Waals surface area contributed by atoms with Gasteiger partial charge in [-0.3, -0.25) is 4.79 Å². The highest BCUT2D eigenvalue weighted by atomic mass is 32.2. The molecule has 1 amide bonds. The maximum Gasteiger partial charge on any atom is 0.246 e. The average molecular weight is 360 g/mol. The van der Waals surface area contributed by atoms with E-state index >= 15 is 0 Å². The van der Waals surface area contributed by atoms with Crippen LogP contribution in [0.3, 0.4) is 0 Å². The number of carbonyl (C=O) groups excluding carboxylic acids is 1. The number of nitrogens with zero attached hydrogens (tertiary/aromatic N) is 4. The van der Waals surface area contributed by atoms with Crippen molar-refractivity contribution in [3.8, 4) is 5.69 Å². The summed E-state index contributed by atoms with van der Waals surface area (Å²) in [4.78, 5) is 13.9. The first kappa shape index (κ1) is 17.4. The van der Waals surface area contributed by atoms with E-state index in [1.807, 2.05) is 36.5 Å². The zero-order valence-electron chi connectivity index (χ0n) is 13.9. The third-order valence-electron chi connectivity index (χ3n) is 4.06. The van der Waals surface area contributed by atoms with Gasteiger partial charge < -0.3 is 4.90 Å². The predicted molar refractivity (Wildman–Crippen MR) is 95.6 cm³/mol. The van der Waals surface area contributed by atoms with Crippen molar-refractivity contribution in [2.45, 2.75) is 0 Å². The monoisotopic (exact) mass is 360 g/mol. The van der Waals surface area contributed by atoms with E-state index in [0.29, 0.717) is 26.2 Å². The molecule has 1 aromatic heterocycles. The molecule has 8 heteroatoms. The first-order chi connectivity index (χ1) is 11.9. The van der Waals surface area contributed by atoms with Crippen LogP contribution in [-0.4, -0.2) is 65.7 Å². The predicted octanol–water partition coefficient (Wildman–Crippen LogP) is 0.989. The Morgan fingerprint density at radius 2 is 1.80 bits per heavy atom. The summed E-state index contributed by atoms with van der Waals surface area (Å²) in [6.07, 6.45) is 7.95. The molecule has 1 saturated heterocycles. The van der Waals surface area contributed by atoms with E-state index < -0.39 is 10.0 Å². The standard InChI is InChI=1S/C17H20N4O3S/c1-25(23,24)20-11-9-19(10-12-20)17(22)8-7-15-13-18-21(14-15)16-5-3-2-4-6-16/h2-8,13-14H,9-12H2,1H3. The molecule has 0 bridgehead atoms. The molecule has 2 aromatic rings. The Morgan fingerprint density at radius 3 is 2.44 bits per heavy atom. The van der Waals surface area contributed by atoms with Crippen LogP contribution >= 0.6 is 0 Å². The summed E-state index contributed by atoms with van der Waals surface area (Å²) in [6, 6.07) is 9.72. The van der Waals surface area contributed by atoms with Gasteiger partial charge in [0, 0.05) is 44.0 Å². The van der Waals surface area contributed by atoms with Crippen LogP contribution in [0, 0.1) is 0 Å². The summed E-state index contributed by atoms with van der Waals surface area (Å²) in [6.45, 7) is 1.48. The van der Waals surface area contributed by atoms with Crippen LogP contribution in [0.25, 0.3) is 11.8 Å². The number of amides is 1. The van der Waals surface area contributed by atoms with Gasteiger partial charge in [-0.1, -0.05) is 18.2 Å². The Morgan fingerprint density at radius 1 is 1.12 bits per heavy atom. The fourth-order valence-corrected chi connectivity index (χ4v) is 3.48. The van der Waals surface area contributed by atoms with E-state index in [1.54, 1.807) is 21.9 Å². The molecule has 1 fully saturated rings. The number of sulfonamides is 1. The quantitative estimate of drug-likeness (QED) is 0.762. The van der Waals surface area contributed by atoms with Gasteiger partial charge in [-0.05, 0) is 18.2 Å². The van der Waals surface area contributed by atoms with E-state index in [4.69, 9.17) is 0 Å². The summed E-state index contributed by atoms with van der Waals surface area (Å²) in [5, 5.41) is 4.28. The lowest BCUT2D eigenvalue weighted by atomic mass is 10.3. The number of aromatic nitrogens is 2. The van der Waals surface area contributed by atoms with Crippen LogP contribution in [0.15, 0.2) is 48.8 Å². The fraction of sp³-hybridized carbons (Fsp3) is 0.294. The van der Waals surface area contributed by atoms with Crippen LogP contribution in [-0.2, 0) is 14.8 Å². The Kier molecular flexibility index (Phi) is 5.00. The molecule has 7 nitrogen and oxygen atoms in total. The molecule has 1 aliphatic rings. The van der Waals surface area contributed by atoms with Crippen LogP contribution in [0.2, 0.25) is 0 Å². The molecule has 0 saturated carbocycles. The van der Waals surface area contributed by atoms with Crippen molar-refractivity contribution in [2.75, 3.05) is 32.4 Å². The molecule has 0 radical (unpaired) electrons. The van der Waals surface area contributed by atoms with Crippen LogP contribution in [0.5, 0.6) is 0 Å². The molecule has 0 N–H and O–H groups in total. The van der Waals surface area contributed by atoms with Crippen LogP contribution < -0.4 is 0 Å². The number of hydrogen-bond donors (Lipinski definition) is 0. The first-order valence-corrected chi connectivity index (χ1v) is 9.80. The van der Waals surface area contributed by atoms with Gasteiger partial charge in [-0.15, -0.1) is 0 Å². The van der Waals surface area contributed by atoms with Crippen molar-refractivity contribution in [3.05, 3.63) is 54.4 Å². The summed E-state index contributed by atoms with van der Waals surface area (Å²) < 4.78 is 26.1. The molecule has 0 spiro atoms. The molecule has 3 rings (SSSR count). The molecule has 0 unspecified atom stereocenters. The molecule has 1 aliphatic heterocycles. The van der Waals surface area contributed by atoms with Crippen molar-refractivity contribution in [3.63, 3.8) is 0 Å². The largest absolute Gasteiger partial charge is 0.337 e. The van der Waals surface area contributed by atoms with Crippen LogP contribution in [0.4, 0.5) is 0 Å². The number of rotatable bonds is 4. The highest BCUT2D eigenvalue weighted by Crippen LogP contribution is 2.10. The summed E-state index contributed by atoms with van der Waals surface area (Å²) in [7, 11) is -3.19. The topological polar surface area (TPSA) is 75.5 Å². The minimum Gasteiger partial charge on any atom is -0.337 e. The van der Waals surface area contributed by atoms with E-state index in [0.717, 1.165) is 11.3 Å². The SMILES string of the molecule is CS(=O)(=O)N1CCN(C(=O)C=Cc2cnn(-c3ccccc3)c2)CC1. The molecular formula is C17H20N4O3S. The second-order valence-electron chi connectivity index (χ2n) is 5.87. The van der Waals surface area contributed by atoms with Crippen molar-refractivity contribution >= 4 is 22.0 Å². The van der Waals surface area contributed by atoms with Crippen molar-refractivity contribution in [1.29, 1.82) is 0 Å². The van der Waals surface area contributed by atoms with Crippen molar-refractivity contribution in [2.24, 2.45) is 0 Å². The van der Waals surface area contributed by atoms with Crippen molar-refractivity contribution in [1.82, 2.24) is 19.0 Å². The third-order valence-corrected chi connectivity index (χ3v) is 5.36. The van der Waals surface area contributed by atoms with Gasteiger partial charge in [0.05, 0.1) is 18.1 Å². The number of benzene rings is 1. The molecule has 1 aromatic carbocycles. The molecule has 132 valence electrons. The molecular weight excluding hydrogens is 340 g/mol. The van der Waals surface area contributed by atoms with Gasteiger partial charge in [-0.25, -0.2) is 13.1 Å². The van der Waals surface area contributed by atoms with Gasteiger partial charge in [0.25, 0.3) is 0 Å². The second kappa shape index (κ2) is 7.20. The van der Waals surface area contributed by atoms with Gasteiger partial charge >= 0.3 is 0 Å². The summed E-state index contributed by atoms with van der Waals surface area (Å²) in [5.41, 5.74) is 1.78. The fourth-order valence-electron chi connectivity index (χ4n) is 2.66. The maximum atomic E-state index is 12.2. The highest BCUT2D eigenvalue weighted by Gasteiger charge is 2.24. The minimum absolute atomic E-state index is 0.124. The van der Waals surface area contributed by atoms with Gasteiger partial charge in [0.2, 0.25) is 15.9 Å². The first-order valence-electron chi connectivity index (χ1n) is 7.96. The molecule has 25 heavy (non-hydrogen) atoms. The number of hydrogen-bond acceptors (Lipinski definition) is 4. The van der Waals surface area contributed by atoms with Gasteiger partial charge in [-0.2, -0.15) is 9.40 Å². The Bertz CT molecular complexity index is 866. The number of carbonyl (C=O) groups is 1. The van der Waals surface area contributed by atoms with Crippen molar-refractivity contribution < 1.29 is 13.2 Å². The lowest BCUT2D eigenvalue weighted by Gasteiger charge is -2.32. The van der Waals surface area contributed by atoms with E-state index in [2.05, 4.69) is 5.10 Å². The lowest BCUT2D eigenvalue weighted by Crippen LogP contribution is -2.49. The number of piperazine rings is 1. The Balaban J connectivity index is 1.60. The Labute approximate surface area is 147 Å². The Hall–Kier alpha value is -2.45. The van der Waals surface area contributed by atoms with Crippen LogP contribution in [0.1, 0.15) is 5.56 Å². The third kappa shape index (κ3) is 4.34. The normalized spacial score (nSPS) is 16.4. The van der Waals surface area contributed by atoms with E-state index in [-0.39, 0.29) is 5.91 Å². The smallest absolute Gasteiger partial charge is 0.246 e. The van der Waals surface area contributed by atoms with Gasteiger partial charge in [0.15, 0.2) is 0 Å². The average Bonchev–Trinajstić information content (AvgIpc) is 3.09.